The molecule has 0 saturated heterocycles. The topological polar surface area (TPSA) is 94.8 Å². The van der Waals surface area contributed by atoms with E-state index in [0.717, 1.165) is 29.7 Å². The Labute approximate surface area is 192 Å². The molecule has 3 aromatic heterocycles. The van der Waals surface area contributed by atoms with Crippen molar-refractivity contribution in [1.82, 2.24) is 24.5 Å². The van der Waals surface area contributed by atoms with Crippen LogP contribution in [0.1, 0.15) is 33.3 Å². The minimum atomic E-state index is -4.57. The van der Waals surface area contributed by atoms with Crippen molar-refractivity contribution in [3.63, 3.8) is 0 Å². The van der Waals surface area contributed by atoms with Crippen molar-refractivity contribution in [1.29, 1.82) is 0 Å². The van der Waals surface area contributed by atoms with Crippen molar-refractivity contribution in [2.24, 2.45) is 0 Å². The molecule has 4 rings (SSSR count). The summed E-state index contributed by atoms with van der Waals surface area (Å²) in [6.45, 7) is 5.60. The lowest BCUT2D eigenvalue weighted by Gasteiger charge is -2.10. The lowest BCUT2D eigenvalue weighted by atomic mass is 10.2. The van der Waals surface area contributed by atoms with Gasteiger partial charge in [-0.25, -0.2) is 9.97 Å². The van der Waals surface area contributed by atoms with Gasteiger partial charge in [-0.1, -0.05) is 0 Å². The van der Waals surface area contributed by atoms with Gasteiger partial charge in [-0.2, -0.15) is 18.2 Å². The molecule has 1 aromatic carbocycles. The first-order valence-electron chi connectivity index (χ1n) is 10.1. The first-order valence-corrected chi connectivity index (χ1v) is 10.1. The van der Waals surface area contributed by atoms with Gasteiger partial charge in [0.15, 0.2) is 0 Å². The molecule has 34 heavy (non-hydrogen) atoms. The van der Waals surface area contributed by atoms with Gasteiger partial charge in [0.25, 0.3) is 5.91 Å². The van der Waals surface area contributed by atoms with Crippen LogP contribution in [0.15, 0.2) is 55.0 Å². The second kappa shape index (κ2) is 8.93. The van der Waals surface area contributed by atoms with E-state index < -0.39 is 17.8 Å². The number of nitrogens with one attached hydrogen (secondary N) is 1. The van der Waals surface area contributed by atoms with Crippen LogP contribution in [0.2, 0.25) is 0 Å². The fourth-order valence-corrected chi connectivity index (χ4v) is 3.06. The Balaban J connectivity index is 1.45. The first kappa shape index (κ1) is 22.9. The molecule has 174 valence electrons. The molecule has 0 aliphatic rings. The molecule has 0 aliphatic heterocycles. The Morgan fingerprint density at radius 2 is 1.74 bits per heavy atom. The molecule has 0 spiro atoms. The number of halogens is 3. The third kappa shape index (κ3) is 5.03. The average Bonchev–Trinajstić information content (AvgIpc) is 3.12. The number of alkyl halides is 3. The van der Waals surface area contributed by atoms with E-state index in [9.17, 15) is 18.0 Å². The zero-order chi connectivity index (χ0) is 24.5. The van der Waals surface area contributed by atoms with Gasteiger partial charge in [0, 0.05) is 23.6 Å². The number of pyridine rings is 1. The van der Waals surface area contributed by atoms with Crippen LogP contribution in [0.25, 0.3) is 5.82 Å². The highest BCUT2D eigenvalue weighted by Crippen LogP contribution is 2.27. The Bertz CT molecular complexity index is 1330. The molecule has 8 nitrogen and oxygen atoms in total. The predicted octanol–water partition coefficient (Wildman–Crippen LogP) is 5.05. The number of nitrogens with zero attached hydrogens (tertiary/aromatic N) is 5. The number of aryl methyl sites for hydroxylation is 2. The molecule has 0 fully saturated rings. The van der Waals surface area contributed by atoms with E-state index in [1.54, 1.807) is 43.6 Å². The fraction of sp³-hybridized carbons (Fsp3) is 0.174. The highest BCUT2D eigenvalue weighted by molar-refractivity contribution is 6.04. The number of rotatable bonds is 5. The quantitative estimate of drug-likeness (QED) is 0.441. The van der Waals surface area contributed by atoms with Crippen LogP contribution in [0.4, 0.5) is 18.9 Å². The SMILES string of the molecule is Cc1nc(Oc2ccc(NC(=O)c3ccc(C(F)(F)F)nc3)cc2)cc(-n2cnc(C)c2C)n1. The summed E-state index contributed by atoms with van der Waals surface area (Å²) in [4.78, 5) is 28.6. The number of carbonyl (C=O) groups is 1. The van der Waals surface area contributed by atoms with Crippen LogP contribution < -0.4 is 10.1 Å². The number of ether oxygens (including phenoxy) is 1. The summed E-state index contributed by atoms with van der Waals surface area (Å²) in [6.07, 6.45) is -2.00. The van der Waals surface area contributed by atoms with Gasteiger partial charge in [-0.3, -0.25) is 14.3 Å². The molecule has 0 bridgehead atoms. The molecular weight excluding hydrogens is 449 g/mol. The predicted molar refractivity (Wildman–Crippen MR) is 117 cm³/mol. The average molecular weight is 468 g/mol. The summed E-state index contributed by atoms with van der Waals surface area (Å²) in [5, 5.41) is 2.60. The van der Waals surface area contributed by atoms with Crippen LogP contribution in [-0.2, 0) is 6.18 Å². The Morgan fingerprint density at radius 3 is 2.32 bits per heavy atom. The summed E-state index contributed by atoms with van der Waals surface area (Å²) >= 11 is 0. The maximum atomic E-state index is 12.6. The number of benzene rings is 1. The monoisotopic (exact) mass is 468 g/mol. The standard InChI is InChI=1S/C23H19F3N6O2/c1-13-14(2)32(12-28-13)20-10-21(30-15(3)29-20)34-18-7-5-17(6-8-18)31-22(33)16-4-9-19(27-11-16)23(24,25)26/h4-12H,1-3H3,(H,31,33). The van der Waals surface area contributed by atoms with E-state index in [-0.39, 0.29) is 5.56 Å². The lowest BCUT2D eigenvalue weighted by molar-refractivity contribution is -0.141. The Kier molecular flexibility index (Phi) is 6.01. The molecule has 0 unspecified atom stereocenters. The molecule has 0 aliphatic carbocycles. The van der Waals surface area contributed by atoms with E-state index in [1.165, 1.54) is 0 Å². The maximum Gasteiger partial charge on any atom is 0.433 e. The molecule has 0 radical (unpaired) electrons. The fourth-order valence-electron chi connectivity index (χ4n) is 3.06. The van der Waals surface area contributed by atoms with Crippen LogP contribution in [0.3, 0.4) is 0 Å². The number of hydrogen-bond donors (Lipinski definition) is 1. The molecule has 11 heteroatoms. The van der Waals surface area contributed by atoms with Gasteiger partial charge >= 0.3 is 6.18 Å². The normalized spacial score (nSPS) is 11.4. The van der Waals surface area contributed by atoms with Crippen molar-refractivity contribution < 1.29 is 22.7 Å². The zero-order valence-electron chi connectivity index (χ0n) is 18.4. The van der Waals surface area contributed by atoms with Crippen LogP contribution in [0.5, 0.6) is 11.6 Å². The molecule has 0 atom stereocenters. The second-order valence-corrected chi connectivity index (χ2v) is 7.41. The third-order valence-electron chi connectivity index (χ3n) is 4.95. The van der Waals surface area contributed by atoms with E-state index in [0.29, 0.717) is 29.0 Å². The molecule has 1 N–H and O–H groups in total. The van der Waals surface area contributed by atoms with Gasteiger partial charge in [0.05, 0.1) is 11.3 Å². The van der Waals surface area contributed by atoms with Gasteiger partial charge in [-0.05, 0) is 57.2 Å². The number of carbonyl (C=O) groups excluding carboxylic acids is 1. The van der Waals surface area contributed by atoms with Crippen molar-refractivity contribution in [3.05, 3.63) is 83.5 Å². The highest BCUT2D eigenvalue weighted by Gasteiger charge is 2.32. The number of anilines is 1. The van der Waals surface area contributed by atoms with E-state index in [1.807, 2.05) is 18.4 Å². The zero-order valence-corrected chi connectivity index (χ0v) is 18.4. The third-order valence-corrected chi connectivity index (χ3v) is 4.95. The van der Waals surface area contributed by atoms with Gasteiger partial charge in [0.1, 0.15) is 29.4 Å². The smallest absolute Gasteiger partial charge is 0.433 e. The summed E-state index contributed by atoms with van der Waals surface area (Å²) in [6, 6.07) is 9.98. The molecule has 4 aromatic rings. The Morgan fingerprint density at radius 1 is 1.00 bits per heavy atom. The number of amides is 1. The largest absolute Gasteiger partial charge is 0.439 e. The van der Waals surface area contributed by atoms with Crippen LogP contribution >= 0.6 is 0 Å². The Hall–Kier alpha value is -4.28. The highest BCUT2D eigenvalue weighted by atomic mass is 19.4. The maximum absolute atomic E-state index is 12.6. The molecule has 3 heterocycles. The van der Waals surface area contributed by atoms with Crippen molar-refractivity contribution in [3.8, 4) is 17.4 Å². The van der Waals surface area contributed by atoms with Gasteiger partial charge in [-0.15, -0.1) is 0 Å². The van der Waals surface area contributed by atoms with Crippen LogP contribution in [-0.4, -0.2) is 30.4 Å². The summed E-state index contributed by atoms with van der Waals surface area (Å²) in [7, 11) is 0. The van der Waals surface area contributed by atoms with E-state index in [2.05, 4.69) is 25.3 Å². The molecular formula is C23H19F3N6O2. The van der Waals surface area contributed by atoms with Gasteiger partial charge < -0.3 is 10.1 Å². The van der Waals surface area contributed by atoms with Crippen molar-refractivity contribution in [2.75, 3.05) is 5.32 Å². The van der Waals surface area contributed by atoms with E-state index >= 15 is 0 Å². The number of hydrogen-bond acceptors (Lipinski definition) is 6. The summed E-state index contributed by atoms with van der Waals surface area (Å²) < 4.78 is 45.6. The molecule has 1 amide bonds. The van der Waals surface area contributed by atoms with Gasteiger partial charge in [0.2, 0.25) is 5.88 Å². The summed E-state index contributed by atoms with van der Waals surface area (Å²) in [5.74, 6) is 1.36. The minimum Gasteiger partial charge on any atom is -0.439 e. The van der Waals surface area contributed by atoms with Crippen LogP contribution in [0, 0.1) is 20.8 Å². The molecule has 0 saturated carbocycles. The lowest BCUT2D eigenvalue weighted by Crippen LogP contribution is -2.14. The van der Waals surface area contributed by atoms with E-state index in [4.69, 9.17) is 4.74 Å². The van der Waals surface area contributed by atoms with Crippen molar-refractivity contribution >= 4 is 11.6 Å². The second-order valence-electron chi connectivity index (χ2n) is 7.41. The number of imidazole rings is 1. The number of aromatic nitrogens is 5. The first-order chi connectivity index (χ1) is 16.1. The van der Waals surface area contributed by atoms with Crippen molar-refractivity contribution in [2.45, 2.75) is 26.9 Å². The minimum absolute atomic E-state index is 0.00217. The summed E-state index contributed by atoms with van der Waals surface area (Å²) in [5.41, 5.74) is 1.21.